The lowest BCUT2D eigenvalue weighted by Gasteiger charge is -2.36. The van der Waals surface area contributed by atoms with Gasteiger partial charge in [-0.2, -0.15) is 0 Å². The minimum atomic E-state index is -0.210. The van der Waals surface area contributed by atoms with Crippen molar-refractivity contribution in [2.24, 2.45) is 4.99 Å². The van der Waals surface area contributed by atoms with Gasteiger partial charge in [-0.15, -0.1) is 0 Å². The SMILES string of the molecule is CCNC(=NCC1(c2ccc(F)cc2)CCOCC1)NCCc1ccc(OC)cc1. The number of nitrogens with one attached hydrogen (secondary N) is 2. The van der Waals surface area contributed by atoms with E-state index < -0.39 is 0 Å². The van der Waals surface area contributed by atoms with Gasteiger partial charge >= 0.3 is 0 Å². The normalized spacial score (nSPS) is 16.2. The van der Waals surface area contributed by atoms with E-state index in [1.807, 2.05) is 24.3 Å². The van der Waals surface area contributed by atoms with E-state index in [4.69, 9.17) is 14.5 Å². The number of hydrogen-bond acceptors (Lipinski definition) is 3. The molecule has 5 nitrogen and oxygen atoms in total. The molecule has 1 fully saturated rings. The van der Waals surface area contributed by atoms with Gasteiger partial charge in [0.1, 0.15) is 11.6 Å². The highest BCUT2D eigenvalue weighted by Crippen LogP contribution is 2.35. The fourth-order valence-corrected chi connectivity index (χ4v) is 3.79. The Morgan fingerprint density at radius 2 is 1.77 bits per heavy atom. The third-order valence-electron chi connectivity index (χ3n) is 5.66. The third kappa shape index (κ3) is 5.95. The molecule has 0 amide bonds. The Balaban J connectivity index is 1.65. The van der Waals surface area contributed by atoms with E-state index in [1.54, 1.807) is 7.11 Å². The van der Waals surface area contributed by atoms with Crippen molar-refractivity contribution >= 4 is 5.96 Å². The van der Waals surface area contributed by atoms with Crippen molar-refractivity contribution < 1.29 is 13.9 Å². The highest BCUT2D eigenvalue weighted by atomic mass is 19.1. The zero-order valence-corrected chi connectivity index (χ0v) is 17.9. The molecule has 1 saturated heterocycles. The molecule has 3 rings (SSSR count). The maximum atomic E-state index is 13.4. The lowest BCUT2D eigenvalue weighted by atomic mass is 9.74. The molecular formula is C24H32FN3O2. The van der Waals surface area contributed by atoms with Crippen LogP contribution in [0.4, 0.5) is 4.39 Å². The summed E-state index contributed by atoms with van der Waals surface area (Å²) in [7, 11) is 1.67. The number of nitrogens with zero attached hydrogens (tertiary/aromatic N) is 1. The summed E-state index contributed by atoms with van der Waals surface area (Å²) in [5.74, 6) is 1.46. The lowest BCUT2D eigenvalue weighted by Crippen LogP contribution is -2.41. The fourth-order valence-electron chi connectivity index (χ4n) is 3.79. The Hall–Kier alpha value is -2.60. The van der Waals surface area contributed by atoms with Crippen LogP contribution >= 0.6 is 0 Å². The molecule has 0 radical (unpaired) electrons. The summed E-state index contributed by atoms with van der Waals surface area (Å²) in [6.45, 7) is 5.68. The molecule has 0 bridgehead atoms. The molecule has 0 aromatic heterocycles. The first kappa shape index (κ1) is 22.1. The molecule has 2 aromatic rings. The van der Waals surface area contributed by atoms with E-state index in [9.17, 15) is 4.39 Å². The number of ether oxygens (including phenoxy) is 2. The summed E-state index contributed by atoms with van der Waals surface area (Å²) in [6.07, 6.45) is 2.66. The summed E-state index contributed by atoms with van der Waals surface area (Å²) in [5, 5.41) is 6.76. The van der Waals surface area contributed by atoms with Gasteiger partial charge in [-0.05, 0) is 61.6 Å². The van der Waals surface area contributed by atoms with E-state index >= 15 is 0 Å². The monoisotopic (exact) mass is 413 g/mol. The van der Waals surface area contributed by atoms with Crippen molar-refractivity contribution in [3.05, 3.63) is 65.5 Å². The smallest absolute Gasteiger partial charge is 0.191 e. The Morgan fingerprint density at radius 3 is 2.40 bits per heavy atom. The summed E-state index contributed by atoms with van der Waals surface area (Å²) >= 11 is 0. The lowest BCUT2D eigenvalue weighted by molar-refractivity contribution is 0.0531. The van der Waals surface area contributed by atoms with Crippen LogP contribution in [0.1, 0.15) is 30.9 Å². The first-order valence-electron chi connectivity index (χ1n) is 10.6. The van der Waals surface area contributed by atoms with Gasteiger partial charge in [0.15, 0.2) is 5.96 Å². The van der Waals surface area contributed by atoms with Gasteiger partial charge in [-0.3, -0.25) is 4.99 Å². The van der Waals surface area contributed by atoms with Crippen molar-refractivity contribution in [1.82, 2.24) is 10.6 Å². The molecule has 1 aliphatic heterocycles. The highest BCUT2D eigenvalue weighted by molar-refractivity contribution is 5.79. The van der Waals surface area contributed by atoms with Crippen LogP contribution < -0.4 is 15.4 Å². The van der Waals surface area contributed by atoms with Gasteiger partial charge in [-0.25, -0.2) is 4.39 Å². The van der Waals surface area contributed by atoms with Crippen LogP contribution in [0.3, 0.4) is 0 Å². The van der Waals surface area contributed by atoms with E-state index in [0.717, 1.165) is 49.6 Å². The zero-order valence-electron chi connectivity index (χ0n) is 17.9. The summed E-state index contributed by atoms with van der Waals surface area (Å²) in [5.41, 5.74) is 2.25. The molecule has 0 atom stereocenters. The predicted molar refractivity (Wildman–Crippen MR) is 119 cm³/mol. The Morgan fingerprint density at radius 1 is 1.07 bits per heavy atom. The van der Waals surface area contributed by atoms with E-state index in [2.05, 4.69) is 29.7 Å². The second-order valence-electron chi connectivity index (χ2n) is 7.62. The summed E-state index contributed by atoms with van der Waals surface area (Å²) in [6, 6.07) is 15.0. The maximum Gasteiger partial charge on any atom is 0.191 e. The molecule has 0 spiro atoms. The number of aliphatic imine (C=N–C) groups is 1. The maximum absolute atomic E-state index is 13.4. The average molecular weight is 414 g/mol. The minimum Gasteiger partial charge on any atom is -0.497 e. The number of rotatable bonds is 8. The Kier molecular flexibility index (Phi) is 8.08. The van der Waals surface area contributed by atoms with Crippen molar-refractivity contribution in [1.29, 1.82) is 0 Å². The molecule has 6 heteroatoms. The first-order chi connectivity index (χ1) is 14.6. The molecule has 1 heterocycles. The topological polar surface area (TPSA) is 54.9 Å². The number of hydrogen-bond donors (Lipinski definition) is 2. The van der Waals surface area contributed by atoms with Crippen LogP contribution in [-0.4, -0.2) is 45.9 Å². The van der Waals surface area contributed by atoms with Gasteiger partial charge in [0.2, 0.25) is 0 Å². The van der Waals surface area contributed by atoms with Crippen LogP contribution in [0, 0.1) is 5.82 Å². The molecular weight excluding hydrogens is 381 g/mol. The second-order valence-corrected chi connectivity index (χ2v) is 7.62. The predicted octanol–water partition coefficient (Wildman–Crippen LogP) is 3.68. The number of guanidine groups is 1. The number of halogens is 1. The highest BCUT2D eigenvalue weighted by Gasteiger charge is 2.34. The van der Waals surface area contributed by atoms with Gasteiger partial charge < -0.3 is 20.1 Å². The molecule has 2 aromatic carbocycles. The van der Waals surface area contributed by atoms with Crippen molar-refractivity contribution in [3.63, 3.8) is 0 Å². The first-order valence-corrected chi connectivity index (χ1v) is 10.6. The molecule has 0 saturated carbocycles. The summed E-state index contributed by atoms with van der Waals surface area (Å²) < 4.78 is 24.2. The second kappa shape index (κ2) is 11.0. The van der Waals surface area contributed by atoms with Gasteiger partial charge in [0.25, 0.3) is 0 Å². The molecule has 30 heavy (non-hydrogen) atoms. The van der Waals surface area contributed by atoms with Crippen molar-refractivity contribution in [2.75, 3.05) is 40.0 Å². The fraction of sp³-hybridized carbons (Fsp3) is 0.458. The van der Waals surface area contributed by atoms with Crippen LogP contribution in [0.5, 0.6) is 5.75 Å². The quantitative estimate of drug-likeness (QED) is 0.512. The molecule has 162 valence electrons. The minimum absolute atomic E-state index is 0.121. The largest absolute Gasteiger partial charge is 0.497 e. The number of benzene rings is 2. The van der Waals surface area contributed by atoms with Crippen molar-refractivity contribution in [2.45, 2.75) is 31.6 Å². The Labute approximate surface area is 178 Å². The van der Waals surface area contributed by atoms with Crippen molar-refractivity contribution in [3.8, 4) is 5.75 Å². The number of methoxy groups -OCH3 is 1. The van der Waals surface area contributed by atoms with E-state index in [1.165, 1.54) is 17.7 Å². The van der Waals surface area contributed by atoms with E-state index in [-0.39, 0.29) is 11.2 Å². The van der Waals surface area contributed by atoms with Crippen LogP contribution in [0.2, 0.25) is 0 Å². The van der Waals surface area contributed by atoms with E-state index in [0.29, 0.717) is 19.8 Å². The van der Waals surface area contributed by atoms with Crippen LogP contribution in [-0.2, 0) is 16.6 Å². The van der Waals surface area contributed by atoms with Crippen LogP contribution in [0.25, 0.3) is 0 Å². The Bertz CT molecular complexity index is 800. The molecule has 0 aliphatic carbocycles. The van der Waals surface area contributed by atoms with Gasteiger partial charge in [0.05, 0.1) is 13.7 Å². The average Bonchev–Trinajstić information content (AvgIpc) is 2.79. The van der Waals surface area contributed by atoms with Gasteiger partial charge in [-0.1, -0.05) is 24.3 Å². The molecule has 2 N–H and O–H groups in total. The van der Waals surface area contributed by atoms with Gasteiger partial charge in [0, 0.05) is 31.7 Å². The molecule has 0 unspecified atom stereocenters. The standard InChI is InChI=1S/C24H32FN3O2/c1-3-26-23(27-15-12-19-4-10-22(29-2)11-5-19)28-18-24(13-16-30-17-14-24)20-6-8-21(25)9-7-20/h4-11H,3,12-18H2,1-2H3,(H2,26,27,28). The zero-order chi connectivity index (χ0) is 21.2. The van der Waals surface area contributed by atoms with Crippen LogP contribution in [0.15, 0.2) is 53.5 Å². The third-order valence-corrected chi connectivity index (χ3v) is 5.66. The molecule has 1 aliphatic rings. The summed E-state index contributed by atoms with van der Waals surface area (Å²) in [4.78, 5) is 4.89.